The molecule has 1 aliphatic carbocycles. The van der Waals surface area contributed by atoms with Crippen molar-refractivity contribution in [3.63, 3.8) is 0 Å². The van der Waals surface area contributed by atoms with E-state index in [2.05, 4.69) is 0 Å². The van der Waals surface area contributed by atoms with Gasteiger partial charge in [0.05, 0.1) is 11.7 Å². The Bertz CT molecular complexity index is 514. The van der Waals surface area contributed by atoms with Crippen molar-refractivity contribution < 1.29 is 19.1 Å². The van der Waals surface area contributed by atoms with E-state index in [1.165, 1.54) is 0 Å². The molecule has 116 valence electrons. The minimum atomic E-state index is -0.866. The highest BCUT2D eigenvalue weighted by Crippen LogP contribution is 2.40. The normalized spacial score (nSPS) is 17.4. The fraction of sp³-hybridized carbons (Fsp3) is 0.625. The van der Waals surface area contributed by atoms with Gasteiger partial charge in [-0.2, -0.15) is 0 Å². The van der Waals surface area contributed by atoms with Gasteiger partial charge in [0.25, 0.3) is 0 Å². The van der Waals surface area contributed by atoms with Crippen molar-refractivity contribution in [1.29, 1.82) is 0 Å². The molecule has 0 bridgehead atoms. The van der Waals surface area contributed by atoms with Gasteiger partial charge in [0, 0.05) is 25.6 Å². The number of aliphatic carboxylic acids is 1. The van der Waals surface area contributed by atoms with Crippen molar-refractivity contribution in [1.82, 2.24) is 4.90 Å². The summed E-state index contributed by atoms with van der Waals surface area (Å²) in [6, 6.07) is 1.84. The summed E-state index contributed by atoms with van der Waals surface area (Å²) in [4.78, 5) is 25.6. The first-order valence-corrected chi connectivity index (χ1v) is 7.45. The molecule has 1 aromatic heterocycles. The first-order valence-electron chi connectivity index (χ1n) is 7.45. The molecule has 1 aliphatic rings. The van der Waals surface area contributed by atoms with E-state index in [1.807, 2.05) is 13.0 Å². The standard InChI is InChI=1S/C16H23NO4/c1-12-13(6-9-21-12)11-17(2)14(18)10-16(15(19)20)7-4-3-5-8-16/h6,9H,3-5,7-8,10-11H2,1-2H3,(H,19,20). The van der Waals surface area contributed by atoms with E-state index in [-0.39, 0.29) is 12.3 Å². The number of carbonyl (C=O) groups excluding carboxylic acids is 1. The van der Waals surface area contributed by atoms with Crippen LogP contribution in [-0.2, 0) is 16.1 Å². The maximum atomic E-state index is 12.4. The molecule has 0 spiro atoms. The van der Waals surface area contributed by atoms with Crippen molar-refractivity contribution in [2.75, 3.05) is 7.05 Å². The largest absolute Gasteiger partial charge is 0.481 e. The number of amides is 1. The molecule has 1 N–H and O–H groups in total. The van der Waals surface area contributed by atoms with E-state index in [0.717, 1.165) is 30.6 Å². The highest BCUT2D eigenvalue weighted by atomic mass is 16.4. The van der Waals surface area contributed by atoms with Gasteiger partial charge >= 0.3 is 5.97 Å². The van der Waals surface area contributed by atoms with Gasteiger partial charge in [0.1, 0.15) is 5.76 Å². The number of carboxylic acid groups (broad SMARTS) is 1. The van der Waals surface area contributed by atoms with Gasteiger partial charge in [-0.05, 0) is 25.8 Å². The Morgan fingerprint density at radius 1 is 1.33 bits per heavy atom. The van der Waals surface area contributed by atoms with Gasteiger partial charge in [-0.1, -0.05) is 19.3 Å². The van der Waals surface area contributed by atoms with Crippen LogP contribution in [-0.4, -0.2) is 28.9 Å². The predicted octanol–water partition coefficient (Wildman–Crippen LogP) is 2.97. The summed E-state index contributed by atoms with van der Waals surface area (Å²) in [7, 11) is 1.72. The van der Waals surface area contributed by atoms with Crippen LogP contribution in [0.4, 0.5) is 0 Å². The van der Waals surface area contributed by atoms with E-state index < -0.39 is 11.4 Å². The lowest BCUT2D eigenvalue weighted by Gasteiger charge is -2.33. The van der Waals surface area contributed by atoms with Crippen molar-refractivity contribution >= 4 is 11.9 Å². The molecular weight excluding hydrogens is 270 g/mol. The second kappa shape index (κ2) is 6.33. The Kier molecular flexibility index (Phi) is 4.70. The Hall–Kier alpha value is -1.78. The summed E-state index contributed by atoms with van der Waals surface area (Å²) in [5.41, 5.74) is 0.0912. The third kappa shape index (κ3) is 3.46. The second-order valence-corrected chi connectivity index (χ2v) is 6.07. The zero-order valence-corrected chi connectivity index (χ0v) is 12.7. The molecule has 0 aromatic carbocycles. The quantitative estimate of drug-likeness (QED) is 0.906. The third-order valence-corrected chi connectivity index (χ3v) is 4.55. The van der Waals surface area contributed by atoms with Crippen LogP contribution in [0.1, 0.15) is 49.8 Å². The molecule has 1 saturated carbocycles. The fourth-order valence-electron chi connectivity index (χ4n) is 3.04. The van der Waals surface area contributed by atoms with E-state index in [1.54, 1.807) is 18.2 Å². The molecule has 0 radical (unpaired) electrons. The van der Waals surface area contributed by atoms with Gasteiger partial charge in [-0.15, -0.1) is 0 Å². The zero-order valence-electron chi connectivity index (χ0n) is 12.7. The van der Waals surface area contributed by atoms with Crippen LogP contribution in [0.25, 0.3) is 0 Å². The Balaban J connectivity index is 2.01. The van der Waals surface area contributed by atoms with Gasteiger partial charge in [0.15, 0.2) is 0 Å². The number of rotatable bonds is 5. The molecule has 21 heavy (non-hydrogen) atoms. The fourth-order valence-corrected chi connectivity index (χ4v) is 3.04. The van der Waals surface area contributed by atoms with Crippen molar-refractivity contribution in [3.8, 4) is 0 Å². The van der Waals surface area contributed by atoms with Crippen molar-refractivity contribution in [3.05, 3.63) is 23.7 Å². The van der Waals surface area contributed by atoms with E-state index in [0.29, 0.717) is 19.4 Å². The number of carbonyl (C=O) groups is 2. The topological polar surface area (TPSA) is 70.8 Å². The van der Waals surface area contributed by atoms with Crippen LogP contribution in [0.3, 0.4) is 0 Å². The van der Waals surface area contributed by atoms with Crippen molar-refractivity contribution in [2.45, 2.75) is 52.0 Å². The van der Waals surface area contributed by atoms with Crippen LogP contribution in [0.15, 0.2) is 16.7 Å². The highest BCUT2D eigenvalue weighted by molar-refractivity contribution is 5.85. The number of furan rings is 1. The molecule has 1 fully saturated rings. The van der Waals surface area contributed by atoms with Crippen LogP contribution in [0.2, 0.25) is 0 Å². The van der Waals surface area contributed by atoms with Crippen molar-refractivity contribution in [2.24, 2.45) is 5.41 Å². The second-order valence-electron chi connectivity index (χ2n) is 6.07. The lowest BCUT2D eigenvalue weighted by atomic mass is 9.71. The van der Waals surface area contributed by atoms with Crippen LogP contribution in [0, 0.1) is 12.3 Å². The van der Waals surface area contributed by atoms with Gasteiger partial charge in [-0.3, -0.25) is 9.59 Å². The van der Waals surface area contributed by atoms with Crippen LogP contribution < -0.4 is 0 Å². The molecule has 5 heteroatoms. The molecule has 0 atom stereocenters. The van der Waals surface area contributed by atoms with E-state index in [9.17, 15) is 14.7 Å². The number of carboxylic acids is 1. The van der Waals surface area contributed by atoms with Gasteiger partial charge in [0.2, 0.25) is 5.91 Å². The van der Waals surface area contributed by atoms with Gasteiger partial charge < -0.3 is 14.4 Å². The van der Waals surface area contributed by atoms with Crippen LogP contribution >= 0.6 is 0 Å². The molecule has 2 rings (SSSR count). The summed E-state index contributed by atoms with van der Waals surface area (Å²) in [5, 5.41) is 9.53. The Labute approximate surface area is 124 Å². The Morgan fingerprint density at radius 3 is 2.52 bits per heavy atom. The average molecular weight is 293 g/mol. The van der Waals surface area contributed by atoms with E-state index >= 15 is 0 Å². The third-order valence-electron chi connectivity index (χ3n) is 4.55. The molecule has 0 aliphatic heterocycles. The summed E-state index contributed by atoms with van der Waals surface area (Å²) in [5.74, 6) is -0.149. The lowest BCUT2D eigenvalue weighted by molar-refractivity contribution is -0.155. The maximum absolute atomic E-state index is 12.4. The van der Waals surface area contributed by atoms with E-state index in [4.69, 9.17) is 4.42 Å². The Morgan fingerprint density at radius 2 is 2.00 bits per heavy atom. The number of hydrogen-bond donors (Lipinski definition) is 1. The van der Waals surface area contributed by atoms with Gasteiger partial charge in [-0.25, -0.2) is 0 Å². The van der Waals surface area contributed by atoms with Crippen LogP contribution in [0.5, 0.6) is 0 Å². The lowest BCUT2D eigenvalue weighted by Crippen LogP contribution is -2.39. The molecule has 1 aromatic rings. The maximum Gasteiger partial charge on any atom is 0.310 e. The highest BCUT2D eigenvalue weighted by Gasteiger charge is 2.42. The zero-order chi connectivity index (χ0) is 15.5. The monoisotopic (exact) mass is 293 g/mol. The molecule has 5 nitrogen and oxygen atoms in total. The minimum Gasteiger partial charge on any atom is -0.481 e. The number of hydrogen-bond acceptors (Lipinski definition) is 3. The molecule has 0 saturated heterocycles. The average Bonchev–Trinajstić information content (AvgIpc) is 2.85. The summed E-state index contributed by atoms with van der Waals surface area (Å²) >= 11 is 0. The smallest absolute Gasteiger partial charge is 0.310 e. The molecule has 1 amide bonds. The molecular formula is C16H23NO4. The minimum absolute atomic E-state index is 0.0930. The SMILES string of the molecule is Cc1occc1CN(C)C(=O)CC1(C(=O)O)CCCCC1. The first kappa shape index (κ1) is 15.6. The molecule has 1 heterocycles. The predicted molar refractivity (Wildman–Crippen MR) is 77.7 cm³/mol. The summed E-state index contributed by atoms with van der Waals surface area (Å²) in [6.45, 7) is 2.31. The molecule has 0 unspecified atom stereocenters. The number of nitrogens with zero attached hydrogens (tertiary/aromatic N) is 1. The summed E-state index contributed by atoms with van der Waals surface area (Å²) in [6.07, 6.45) is 5.75. The first-order chi connectivity index (χ1) is 9.94. The number of aryl methyl sites for hydroxylation is 1. The summed E-state index contributed by atoms with van der Waals surface area (Å²) < 4.78 is 5.22.